The zero-order chi connectivity index (χ0) is 8.97. The normalized spacial score (nSPS) is 33.2. The maximum absolute atomic E-state index is 6.15. The molecule has 1 rings (SSSR count). The number of rotatable bonds is 3. The lowest BCUT2D eigenvalue weighted by molar-refractivity contribution is 0.211. The summed E-state index contributed by atoms with van der Waals surface area (Å²) in [6, 6.07) is 0.477. The van der Waals surface area contributed by atoms with Crippen molar-refractivity contribution in [2.75, 3.05) is 0 Å². The lowest BCUT2D eigenvalue weighted by atomic mass is 9.75. The van der Waals surface area contributed by atoms with Crippen molar-refractivity contribution in [3.05, 3.63) is 0 Å². The van der Waals surface area contributed by atoms with Crippen LogP contribution in [0.1, 0.15) is 52.4 Å². The van der Waals surface area contributed by atoms with Crippen LogP contribution in [-0.2, 0) is 0 Å². The molecular formula is C11H23N. The van der Waals surface area contributed by atoms with Crippen molar-refractivity contribution < 1.29 is 0 Å². The second-order valence-corrected chi connectivity index (χ2v) is 4.38. The summed E-state index contributed by atoms with van der Waals surface area (Å²) < 4.78 is 0. The maximum Gasteiger partial charge on any atom is 0.00696 e. The monoisotopic (exact) mass is 169 g/mol. The molecule has 3 atom stereocenters. The Morgan fingerprint density at radius 2 is 2.00 bits per heavy atom. The van der Waals surface area contributed by atoms with Gasteiger partial charge in [0.2, 0.25) is 0 Å². The standard InChI is InChI=1S/C11H23N/c1-3-6-11(12)10-8-5-4-7-9(10)2/h9-11H,3-8,12H2,1-2H3. The van der Waals surface area contributed by atoms with Gasteiger partial charge in [-0.2, -0.15) is 0 Å². The van der Waals surface area contributed by atoms with E-state index in [1.165, 1.54) is 38.5 Å². The highest BCUT2D eigenvalue weighted by atomic mass is 14.7. The molecule has 3 unspecified atom stereocenters. The molecule has 0 amide bonds. The van der Waals surface area contributed by atoms with Crippen LogP contribution in [0, 0.1) is 11.8 Å². The number of nitrogens with two attached hydrogens (primary N) is 1. The van der Waals surface area contributed by atoms with Crippen LogP contribution < -0.4 is 5.73 Å². The highest BCUT2D eigenvalue weighted by Crippen LogP contribution is 2.32. The van der Waals surface area contributed by atoms with E-state index in [0.29, 0.717) is 6.04 Å². The van der Waals surface area contributed by atoms with Crippen LogP contribution in [0.4, 0.5) is 0 Å². The Morgan fingerprint density at radius 3 is 2.58 bits per heavy atom. The molecule has 1 aliphatic carbocycles. The van der Waals surface area contributed by atoms with Gasteiger partial charge in [-0.1, -0.05) is 39.5 Å². The van der Waals surface area contributed by atoms with Gasteiger partial charge in [0.05, 0.1) is 0 Å². The number of hydrogen-bond acceptors (Lipinski definition) is 1. The molecule has 1 saturated carbocycles. The van der Waals surface area contributed by atoms with Crippen LogP contribution in [0.5, 0.6) is 0 Å². The van der Waals surface area contributed by atoms with Crippen molar-refractivity contribution in [2.24, 2.45) is 17.6 Å². The first kappa shape index (κ1) is 10.0. The summed E-state index contributed by atoms with van der Waals surface area (Å²) in [6.07, 6.45) is 8.08. The minimum absolute atomic E-state index is 0.477. The molecule has 1 fully saturated rings. The maximum atomic E-state index is 6.15. The molecule has 0 aromatic carbocycles. The molecule has 0 bridgehead atoms. The third kappa shape index (κ3) is 2.48. The van der Waals surface area contributed by atoms with Crippen molar-refractivity contribution in [2.45, 2.75) is 58.4 Å². The van der Waals surface area contributed by atoms with Gasteiger partial charge in [0.15, 0.2) is 0 Å². The molecule has 1 aliphatic rings. The van der Waals surface area contributed by atoms with Gasteiger partial charge >= 0.3 is 0 Å². The summed E-state index contributed by atoms with van der Waals surface area (Å²) in [6.45, 7) is 4.60. The molecule has 0 aliphatic heterocycles. The van der Waals surface area contributed by atoms with Gasteiger partial charge in [-0.05, 0) is 24.7 Å². The lowest BCUT2D eigenvalue weighted by Gasteiger charge is -2.33. The fraction of sp³-hybridized carbons (Fsp3) is 1.00. The average molecular weight is 169 g/mol. The first-order valence-corrected chi connectivity index (χ1v) is 5.51. The van der Waals surface area contributed by atoms with Crippen molar-refractivity contribution in [3.63, 3.8) is 0 Å². The molecule has 2 N–H and O–H groups in total. The topological polar surface area (TPSA) is 26.0 Å². The second kappa shape index (κ2) is 4.86. The molecule has 0 saturated heterocycles. The smallest absolute Gasteiger partial charge is 0.00696 e. The van der Waals surface area contributed by atoms with Crippen molar-refractivity contribution >= 4 is 0 Å². The van der Waals surface area contributed by atoms with E-state index in [4.69, 9.17) is 5.73 Å². The summed E-state index contributed by atoms with van der Waals surface area (Å²) >= 11 is 0. The summed E-state index contributed by atoms with van der Waals surface area (Å²) in [5.74, 6) is 1.69. The highest BCUT2D eigenvalue weighted by Gasteiger charge is 2.25. The first-order valence-electron chi connectivity index (χ1n) is 5.51. The molecule has 0 spiro atoms. The fourth-order valence-corrected chi connectivity index (χ4v) is 2.53. The SMILES string of the molecule is CCCC(N)C1CCCCC1C. The quantitative estimate of drug-likeness (QED) is 0.690. The molecule has 1 heteroatoms. The average Bonchev–Trinajstić information content (AvgIpc) is 2.05. The molecule has 72 valence electrons. The minimum Gasteiger partial charge on any atom is -0.327 e. The zero-order valence-electron chi connectivity index (χ0n) is 8.55. The third-order valence-electron chi connectivity index (χ3n) is 3.35. The van der Waals surface area contributed by atoms with Crippen LogP contribution in [0.3, 0.4) is 0 Å². The van der Waals surface area contributed by atoms with Crippen LogP contribution in [0.2, 0.25) is 0 Å². The van der Waals surface area contributed by atoms with E-state index >= 15 is 0 Å². The third-order valence-corrected chi connectivity index (χ3v) is 3.35. The van der Waals surface area contributed by atoms with E-state index in [9.17, 15) is 0 Å². The van der Waals surface area contributed by atoms with Crippen LogP contribution in [0.25, 0.3) is 0 Å². The Labute approximate surface area is 76.7 Å². The van der Waals surface area contributed by atoms with E-state index in [0.717, 1.165) is 11.8 Å². The first-order chi connectivity index (χ1) is 5.75. The van der Waals surface area contributed by atoms with Crippen molar-refractivity contribution in [1.29, 1.82) is 0 Å². The van der Waals surface area contributed by atoms with Crippen molar-refractivity contribution in [1.82, 2.24) is 0 Å². The van der Waals surface area contributed by atoms with E-state index in [1.54, 1.807) is 0 Å². The van der Waals surface area contributed by atoms with E-state index < -0.39 is 0 Å². The number of hydrogen-bond donors (Lipinski definition) is 1. The Kier molecular flexibility index (Phi) is 4.07. The second-order valence-electron chi connectivity index (χ2n) is 4.38. The molecule has 0 aromatic heterocycles. The Hall–Kier alpha value is -0.0400. The Balaban J connectivity index is 2.36. The molecular weight excluding hydrogens is 146 g/mol. The lowest BCUT2D eigenvalue weighted by Crippen LogP contribution is -2.35. The molecule has 0 aromatic rings. The van der Waals surface area contributed by atoms with Crippen LogP contribution in [0.15, 0.2) is 0 Å². The molecule has 0 radical (unpaired) electrons. The van der Waals surface area contributed by atoms with Gasteiger partial charge in [-0.15, -0.1) is 0 Å². The molecule has 12 heavy (non-hydrogen) atoms. The molecule has 0 heterocycles. The zero-order valence-corrected chi connectivity index (χ0v) is 8.55. The Bertz CT molecular complexity index is 122. The summed E-state index contributed by atoms with van der Waals surface area (Å²) in [4.78, 5) is 0. The summed E-state index contributed by atoms with van der Waals surface area (Å²) in [7, 11) is 0. The van der Waals surface area contributed by atoms with Gasteiger partial charge in [0.1, 0.15) is 0 Å². The predicted octanol–water partition coefficient (Wildman–Crippen LogP) is 2.94. The minimum atomic E-state index is 0.477. The van der Waals surface area contributed by atoms with Crippen molar-refractivity contribution in [3.8, 4) is 0 Å². The van der Waals surface area contributed by atoms with Gasteiger partial charge in [-0.25, -0.2) is 0 Å². The van der Waals surface area contributed by atoms with Gasteiger partial charge in [0, 0.05) is 6.04 Å². The predicted molar refractivity (Wildman–Crippen MR) is 54.0 cm³/mol. The Morgan fingerprint density at radius 1 is 1.33 bits per heavy atom. The van der Waals surface area contributed by atoms with E-state index in [-0.39, 0.29) is 0 Å². The largest absolute Gasteiger partial charge is 0.327 e. The fourth-order valence-electron chi connectivity index (χ4n) is 2.53. The van der Waals surface area contributed by atoms with Crippen LogP contribution >= 0.6 is 0 Å². The molecule has 1 nitrogen and oxygen atoms in total. The highest BCUT2D eigenvalue weighted by molar-refractivity contribution is 4.80. The van der Waals surface area contributed by atoms with Gasteiger partial charge in [-0.3, -0.25) is 0 Å². The van der Waals surface area contributed by atoms with Gasteiger partial charge in [0.25, 0.3) is 0 Å². The van der Waals surface area contributed by atoms with E-state index in [2.05, 4.69) is 13.8 Å². The van der Waals surface area contributed by atoms with Gasteiger partial charge < -0.3 is 5.73 Å². The summed E-state index contributed by atoms with van der Waals surface area (Å²) in [5.41, 5.74) is 6.15. The van der Waals surface area contributed by atoms with E-state index in [1.807, 2.05) is 0 Å². The van der Waals surface area contributed by atoms with Crippen LogP contribution in [-0.4, -0.2) is 6.04 Å². The summed E-state index contributed by atoms with van der Waals surface area (Å²) in [5, 5.41) is 0.